The molecule has 0 fully saturated rings. The zero-order valence-corrected chi connectivity index (χ0v) is 10.6. The molecule has 5 nitrogen and oxygen atoms in total. The zero-order valence-electron chi connectivity index (χ0n) is 10.6. The van der Waals surface area contributed by atoms with Crippen LogP contribution in [0.5, 0.6) is 0 Å². The maximum Gasteiger partial charge on any atom is 0.303 e. The molecule has 18 heavy (non-hydrogen) atoms. The third kappa shape index (κ3) is 2.61. The third-order valence-corrected chi connectivity index (χ3v) is 3.03. The number of aryl methyl sites for hydroxylation is 1. The van der Waals surface area contributed by atoms with Crippen molar-refractivity contribution in [2.24, 2.45) is 7.05 Å². The maximum absolute atomic E-state index is 10.5. The SMILES string of the molecule is CN(CCCC(=O)O)c1ccc2c(c1)ncn2C. The molecule has 2 rings (SSSR count). The summed E-state index contributed by atoms with van der Waals surface area (Å²) in [5, 5.41) is 8.61. The summed E-state index contributed by atoms with van der Waals surface area (Å²) in [4.78, 5) is 16.8. The summed E-state index contributed by atoms with van der Waals surface area (Å²) < 4.78 is 1.98. The van der Waals surface area contributed by atoms with Gasteiger partial charge in [0.05, 0.1) is 17.4 Å². The van der Waals surface area contributed by atoms with Crippen LogP contribution in [0.2, 0.25) is 0 Å². The molecule has 0 saturated carbocycles. The summed E-state index contributed by atoms with van der Waals surface area (Å²) >= 11 is 0. The van der Waals surface area contributed by atoms with Gasteiger partial charge in [-0.3, -0.25) is 4.79 Å². The third-order valence-electron chi connectivity index (χ3n) is 3.03. The molecule has 96 valence electrons. The van der Waals surface area contributed by atoms with Crippen LogP contribution in [0.15, 0.2) is 24.5 Å². The Bertz CT molecular complexity index is 562. The van der Waals surface area contributed by atoms with E-state index in [2.05, 4.69) is 9.88 Å². The number of aliphatic carboxylic acids is 1. The second kappa shape index (κ2) is 5.08. The molecule has 0 radical (unpaired) electrons. The van der Waals surface area contributed by atoms with Gasteiger partial charge >= 0.3 is 5.97 Å². The van der Waals surface area contributed by atoms with Gasteiger partial charge in [-0.2, -0.15) is 0 Å². The van der Waals surface area contributed by atoms with E-state index in [1.165, 1.54) is 0 Å². The molecule has 0 aliphatic heterocycles. The van der Waals surface area contributed by atoms with Crippen LogP contribution in [-0.2, 0) is 11.8 Å². The quantitative estimate of drug-likeness (QED) is 0.876. The molecule has 1 aromatic heterocycles. The summed E-state index contributed by atoms with van der Waals surface area (Å²) in [6.45, 7) is 0.727. The van der Waals surface area contributed by atoms with Crippen LogP contribution in [-0.4, -0.2) is 34.2 Å². The lowest BCUT2D eigenvalue weighted by Gasteiger charge is -2.18. The Hall–Kier alpha value is -2.04. The Labute approximate surface area is 106 Å². The highest BCUT2D eigenvalue weighted by Crippen LogP contribution is 2.20. The molecule has 0 unspecified atom stereocenters. The fraction of sp³-hybridized carbons (Fsp3) is 0.385. The Kier molecular flexibility index (Phi) is 3.50. The Morgan fingerprint density at radius 3 is 3.00 bits per heavy atom. The van der Waals surface area contributed by atoms with Crippen LogP contribution in [0, 0.1) is 0 Å². The summed E-state index contributed by atoms with van der Waals surface area (Å²) in [5.41, 5.74) is 3.12. The van der Waals surface area contributed by atoms with E-state index in [1.54, 1.807) is 6.33 Å². The minimum absolute atomic E-state index is 0.205. The average Bonchev–Trinajstić information content (AvgIpc) is 2.70. The fourth-order valence-electron chi connectivity index (χ4n) is 1.96. The lowest BCUT2D eigenvalue weighted by Crippen LogP contribution is -2.19. The average molecular weight is 247 g/mol. The van der Waals surface area contributed by atoms with Crippen LogP contribution in [0.25, 0.3) is 11.0 Å². The molecule has 1 N–H and O–H groups in total. The van der Waals surface area contributed by atoms with Crippen molar-refractivity contribution < 1.29 is 9.90 Å². The Balaban J connectivity index is 2.08. The molecule has 2 aromatic rings. The van der Waals surface area contributed by atoms with Crippen LogP contribution in [0.3, 0.4) is 0 Å². The molecule has 1 heterocycles. The lowest BCUT2D eigenvalue weighted by molar-refractivity contribution is -0.137. The van der Waals surface area contributed by atoms with Gasteiger partial charge in [-0.05, 0) is 24.6 Å². The zero-order chi connectivity index (χ0) is 13.1. The molecular weight excluding hydrogens is 230 g/mol. The van der Waals surface area contributed by atoms with Crippen molar-refractivity contribution in [3.63, 3.8) is 0 Å². The van der Waals surface area contributed by atoms with Crippen LogP contribution in [0.4, 0.5) is 5.69 Å². The fourth-order valence-corrected chi connectivity index (χ4v) is 1.96. The number of carbonyl (C=O) groups is 1. The first kappa shape index (κ1) is 12.4. The number of imidazole rings is 1. The number of nitrogens with zero attached hydrogens (tertiary/aromatic N) is 3. The number of aromatic nitrogens is 2. The molecule has 1 aromatic carbocycles. The van der Waals surface area contributed by atoms with E-state index in [1.807, 2.05) is 36.9 Å². The van der Waals surface area contributed by atoms with Gasteiger partial charge < -0.3 is 14.6 Å². The molecule has 5 heteroatoms. The van der Waals surface area contributed by atoms with E-state index in [0.29, 0.717) is 6.42 Å². The number of hydrogen-bond donors (Lipinski definition) is 1. The van der Waals surface area contributed by atoms with Crippen molar-refractivity contribution in [2.75, 3.05) is 18.5 Å². The molecule has 0 spiro atoms. The second-order valence-corrected chi connectivity index (χ2v) is 4.45. The molecule has 0 amide bonds. The maximum atomic E-state index is 10.5. The Morgan fingerprint density at radius 1 is 1.50 bits per heavy atom. The van der Waals surface area contributed by atoms with Gasteiger partial charge in [-0.25, -0.2) is 4.98 Å². The topological polar surface area (TPSA) is 58.4 Å². The highest BCUT2D eigenvalue weighted by molar-refractivity contribution is 5.79. The molecule has 0 saturated heterocycles. The van der Waals surface area contributed by atoms with Crippen molar-refractivity contribution in [3.8, 4) is 0 Å². The first-order chi connectivity index (χ1) is 8.58. The second-order valence-electron chi connectivity index (χ2n) is 4.45. The predicted octanol–water partition coefficient (Wildman–Crippen LogP) is 1.87. The number of carboxylic acids is 1. The number of anilines is 1. The van der Waals surface area contributed by atoms with Gasteiger partial charge in [0.1, 0.15) is 0 Å². The summed E-state index contributed by atoms with van der Waals surface area (Å²) in [5.74, 6) is -0.747. The molecule has 0 aliphatic carbocycles. The van der Waals surface area contributed by atoms with Crippen molar-refractivity contribution in [3.05, 3.63) is 24.5 Å². The minimum Gasteiger partial charge on any atom is -0.481 e. The standard InChI is InChI=1S/C13H17N3O2/c1-15(7-3-4-13(17)18)10-5-6-12-11(8-10)14-9-16(12)2/h5-6,8-9H,3-4,7H2,1-2H3,(H,17,18). The van der Waals surface area contributed by atoms with E-state index in [4.69, 9.17) is 5.11 Å². The van der Waals surface area contributed by atoms with E-state index >= 15 is 0 Å². The highest BCUT2D eigenvalue weighted by atomic mass is 16.4. The normalized spacial score (nSPS) is 10.8. The lowest BCUT2D eigenvalue weighted by atomic mass is 10.2. The number of hydrogen-bond acceptors (Lipinski definition) is 3. The Morgan fingerprint density at radius 2 is 2.28 bits per heavy atom. The van der Waals surface area contributed by atoms with Crippen molar-refractivity contribution in [1.82, 2.24) is 9.55 Å². The van der Waals surface area contributed by atoms with Crippen molar-refractivity contribution in [2.45, 2.75) is 12.8 Å². The summed E-state index contributed by atoms with van der Waals surface area (Å²) in [6.07, 6.45) is 2.64. The largest absolute Gasteiger partial charge is 0.481 e. The van der Waals surface area contributed by atoms with Gasteiger partial charge in [-0.15, -0.1) is 0 Å². The monoisotopic (exact) mass is 247 g/mol. The summed E-state index contributed by atoms with van der Waals surface area (Å²) in [6, 6.07) is 6.09. The van der Waals surface area contributed by atoms with Gasteiger partial charge in [0, 0.05) is 32.7 Å². The van der Waals surface area contributed by atoms with Crippen molar-refractivity contribution >= 4 is 22.7 Å². The van der Waals surface area contributed by atoms with E-state index in [-0.39, 0.29) is 6.42 Å². The first-order valence-electron chi connectivity index (χ1n) is 5.92. The number of benzene rings is 1. The van der Waals surface area contributed by atoms with Crippen LogP contribution < -0.4 is 4.90 Å². The molecule has 0 atom stereocenters. The number of rotatable bonds is 5. The first-order valence-corrected chi connectivity index (χ1v) is 5.92. The van der Waals surface area contributed by atoms with E-state index < -0.39 is 5.97 Å². The van der Waals surface area contributed by atoms with Gasteiger partial charge in [-0.1, -0.05) is 0 Å². The smallest absolute Gasteiger partial charge is 0.303 e. The van der Waals surface area contributed by atoms with Crippen LogP contribution >= 0.6 is 0 Å². The molecular formula is C13H17N3O2. The van der Waals surface area contributed by atoms with Crippen LogP contribution in [0.1, 0.15) is 12.8 Å². The van der Waals surface area contributed by atoms with E-state index in [0.717, 1.165) is 23.3 Å². The van der Waals surface area contributed by atoms with Gasteiger partial charge in [0.25, 0.3) is 0 Å². The van der Waals surface area contributed by atoms with Gasteiger partial charge in [0.2, 0.25) is 0 Å². The van der Waals surface area contributed by atoms with Gasteiger partial charge in [0.15, 0.2) is 0 Å². The molecule has 0 aliphatic rings. The number of carboxylic acid groups (broad SMARTS) is 1. The highest BCUT2D eigenvalue weighted by Gasteiger charge is 2.05. The minimum atomic E-state index is -0.747. The molecule has 0 bridgehead atoms. The number of fused-ring (bicyclic) bond motifs is 1. The van der Waals surface area contributed by atoms with E-state index in [9.17, 15) is 4.79 Å². The predicted molar refractivity (Wildman–Crippen MR) is 70.9 cm³/mol. The van der Waals surface area contributed by atoms with Crippen molar-refractivity contribution in [1.29, 1.82) is 0 Å². The summed E-state index contributed by atoms with van der Waals surface area (Å²) in [7, 11) is 3.93.